The number of aldehydes is 1. The topological polar surface area (TPSA) is 105 Å². The zero-order valence-corrected chi connectivity index (χ0v) is 21.8. The average molecular weight is 525 g/mol. The molecule has 4 N–H and O–H groups in total. The third-order valence-corrected chi connectivity index (χ3v) is 4.75. The highest BCUT2D eigenvalue weighted by Gasteiger charge is 2.27. The Morgan fingerprint density at radius 3 is 2.00 bits per heavy atom. The van der Waals surface area contributed by atoms with E-state index in [1.807, 2.05) is 13.8 Å². The molecule has 2 rings (SSSR count). The van der Waals surface area contributed by atoms with E-state index in [4.69, 9.17) is 5.84 Å². The number of hydrazine groups is 1. The normalized spacial score (nSPS) is 10.4. The zero-order chi connectivity index (χ0) is 28.1. The molecule has 7 nitrogen and oxygen atoms in total. The summed E-state index contributed by atoms with van der Waals surface area (Å²) in [6, 6.07) is 13.0. The number of unbranched alkanes of at least 4 members (excludes halogenated alkanes) is 3. The molecule has 206 valence electrons. The lowest BCUT2D eigenvalue weighted by molar-refractivity contribution is -0.127. The lowest BCUT2D eigenvalue weighted by atomic mass is 10.1. The van der Waals surface area contributed by atoms with Gasteiger partial charge in [-0.2, -0.15) is 13.2 Å². The molecule has 2 aromatic rings. The van der Waals surface area contributed by atoms with Gasteiger partial charge >= 0.3 is 6.18 Å². The number of hydrogen-bond acceptors (Lipinski definition) is 5. The number of carbonyl (C=O) groups is 3. The fraction of sp³-hybridized carbons (Fsp3) is 0.444. The predicted octanol–water partition coefficient (Wildman–Crippen LogP) is 5.26. The van der Waals surface area contributed by atoms with Gasteiger partial charge in [0.2, 0.25) is 12.3 Å². The van der Waals surface area contributed by atoms with Gasteiger partial charge in [-0.15, -0.1) is 0 Å². The third kappa shape index (κ3) is 18.7. The number of amides is 2. The van der Waals surface area contributed by atoms with Crippen LogP contribution in [-0.4, -0.2) is 43.4 Å². The molecule has 0 fully saturated rings. The van der Waals surface area contributed by atoms with E-state index in [1.54, 1.807) is 43.4 Å². The van der Waals surface area contributed by atoms with Crippen LogP contribution in [-0.2, 0) is 22.6 Å². The fourth-order valence-electron chi connectivity index (χ4n) is 3.08. The van der Waals surface area contributed by atoms with Crippen LogP contribution < -0.4 is 16.5 Å². The largest absolute Gasteiger partial charge is 0.393 e. The summed E-state index contributed by atoms with van der Waals surface area (Å²) in [5.41, 5.74) is 2.46. The Morgan fingerprint density at radius 1 is 0.919 bits per heavy atom. The number of rotatable bonds is 13. The minimum Gasteiger partial charge on any atom is -0.359 e. The molecule has 2 aromatic carbocycles. The molecule has 0 atom stereocenters. The van der Waals surface area contributed by atoms with E-state index in [-0.39, 0.29) is 11.5 Å². The van der Waals surface area contributed by atoms with Crippen molar-refractivity contribution in [3.63, 3.8) is 0 Å². The fourth-order valence-corrected chi connectivity index (χ4v) is 3.08. The molecular weight excluding hydrogens is 485 g/mol. The molecule has 0 saturated heterocycles. The maximum absolute atomic E-state index is 12.0. The minimum absolute atomic E-state index is 0.0186. The summed E-state index contributed by atoms with van der Waals surface area (Å²) in [6.45, 7) is 5.21. The SMILES string of the molecule is CC.CN(N)Cc1ccc(CC(F)(F)F)cc1.O=CNCCCCCCC(=O)Nc1ccc(C=O)cc1. The second-order valence-corrected chi connectivity index (χ2v) is 8.05. The molecule has 0 heterocycles. The van der Waals surface area contributed by atoms with Crippen molar-refractivity contribution >= 4 is 24.3 Å². The Labute approximate surface area is 217 Å². The van der Waals surface area contributed by atoms with E-state index in [9.17, 15) is 27.6 Å². The van der Waals surface area contributed by atoms with Crippen molar-refractivity contribution < 1.29 is 27.6 Å². The average Bonchev–Trinajstić information content (AvgIpc) is 2.86. The van der Waals surface area contributed by atoms with Gasteiger partial charge in [-0.3, -0.25) is 20.2 Å². The summed E-state index contributed by atoms with van der Waals surface area (Å²) >= 11 is 0. The van der Waals surface area contributed by atoms with E-state index in [0.717, 1.165) is 37.5 Å². The molecule has 2 amide bonds. The predicted molar refractivity (Wildman–Crippen MR) is 141 cm³/mol. The highest BCUT2D eigenvalue weighted by molar-refractivity contribution is 5.91. The monoisotopic (exact) mass is 524 g/mol. The first-order valence-corrected chi connectivity index (χ1v) is 12.3. The van der Waals surface area contributed by atoms with Gasteiger partial charge in [-0.25, -0.2) is 5.01 Å². The number of anilines is 1. The van der Waals surface area contributed by atoms with Gasteiger partial charge in [-0.1, -0.05) is 51.0 Å². The molecule has 0 saturated carbocycles. The molecule has 0 spiro atoms. The van der Waals surface area contributed by atoms with E-state index in [0.29, 0.717) is 37.2 Å². The number of nitrogens with one attached hydrogen (secondary N) is 2. The Morgan fingerprint density at radius 2 is 1.49 bits per heavy atom. The quantitative estimate of drug-likeness (QED) is 0.144. The Kier molecular flexibility index (Phi) is 18.1. The van der Waals surface area contributed by atoms with Crippen LogP contribution in [0.5, 0.6) is 0 Å². The van der Waals surface area contributed by atoms with Gasteiger partial charge < -0.3 is 10.6 Å². The summed E-state index contributed by atoms with van der Waals surface area (Å²) in [6.07, 6.45) is 0.663. The van der Waals surface area contributed by atoms with Gasteiger partial charge in [0.25, 0.3) is 0 Å². The molecule has 0 unspecified atom stereocenters. The van der Waals surface area contributed by atoms with Crippen molar-refractivity contribution in [3.8, 4) is 0 Å². The van der Waals surface area contributed by atoms with E-state index < -0.39 is 12.6 Å². The molecule has 0 aromatic heterocycles. The van der Waals surface area contributed by atoms with Gasteiger partial charge in [0, 0.05) is 37.8 Å². The van der Waals surface area contributed by atoms with Gasteiger partial charge in [0.05, 0.1) is 6.42 Å². The molecule has 0 aliphatic rings. The third-order valence-electron chi connectivity index (χ3n) is 4.75. The van der Waals surface area contributed by atoms with Crippen molar-refractivity contribution in [2.45, 2.75) is 65.1 Å². The number of carbonyl (C=O) groups excluding carboxylic acids is 3. The summed E-state index contributed by atoms with van der Waals surface area (Å²) in [7, 11) is 1.70. The number of halogens is 3. The van der Waals surface area contributed by atoms with E-state index in [2.05, 4.69) is 10.6 Å². The molecule has 37 heavy (non-hydrogen) atoms. The van der Waals surface area contributed by atoms with Crippen LogP contribution >= 0.6 is 0 Å². The van der Waals surface area contributed by atoms with Crippen molar-refractivity contribution in [2.75, 3.05) is 18.9 Å². The summed E-state index contributed by atoms with van der Waals surface area (Å²) in [4.78, 5) is 32.2. The highest BCUT2D eigenvalue weighted by Crippen LogP contribution is 2.21. The number of alkyl halides is 3. The second kappa shape index (κ2) is 19.9. The van der Waals surface area contributed by atoms with Crippen LogP contribution in [0, 0.1) is 0 Å². The highest BCUT2D eigenvalue weighted by atomic mass is 19.4. The second-order valence-electron chi connectivity index (χ2n) is 8.05. The molecule has 0 aliphatic heterocycles. The molecular formula is C27H39F3N4O3. The van der Waals surface area contributed by atoms with Crippen molar-refractivity contribution in [3.05, 3.63) is 65.2 Å². The van der Waals surface area contributed by atoms with Crippen LogP contribution in [0.15, 0.2) is 48.5 Å². The van der Waals surface area contributed by atoms with Crippen molar-refractivity contribution in [1.82, 2.24) is 10.3 Å². The maximum Gasteiger partial charge on any atom is 0.393 e. The number of nitrogens with zero attached hydrogens (tertiary/aromatic N) is 1. The van der Waals surface area contributed by atoms with Crippen molar-refractivity contribution in [2.24, 2.45) is 5.84 Å². The molecule has 10 heteroatoms. The molecule has 0 radical (unpaired) electrons. The zero-order valence-electron chi connectivity index (χ0n) is 21.8. The van der Waals surface area contributed by atoms with Crippen LogP contribution in [0.2, 0.25) is 0 Å². The van der Waals surface area contributed by atoms with Crippen molar-refractivity contribution in [1.29, 1.82) is 0 Å². The van der Waals surface area contributed by atoms with Gasteiger partial charge in [0.15, 0.2) is 0 Å². The summed E-state index contributed by atoms with van der Waals surface area (Å²) < 4.78 is 36.1. The van der Waals surface area contributed by atoms with Crippen LogP contribution in [0.25, 0.3) is 0 Å². The van der Waals surface area contributed by atoms with Crippen LogP contribution in [0.1, 0.15) is 67.4 Å². The minimum atomic E-state index is -4.15. The first-order valence-electron chi connectivity index (χ1n) is 12.3. The number of benzene rings is 2. The van der Waals surface area contributed by atoms with Gasteiger partial charge in [0.1, 0.15) is 6.29 Å². The number of nitrogens with two attached hydrogens (primary N) is 1. The van der Waals surface area contributed by atoms with Gasteiger partial charge in [-0.05, 0) is 48.2 Å². The number of hydrogen-bond donors (Lipinski definition) is 3. The first-order chi connectivity index (χ1) is 17.6. The van der Waals surface area contributed by atoms with Crippen LogP contribution in [0.3, 0.4) is 0 Å². The first kappa shape index (κ1) is 33.8. The summed E-state index contributed by atoms with van der Waals surface area (Å²) in [5.74, 6) is 5.40. The standard InChI is InChI=1S/C15H20N2O3.C10H13F3N2.C2H6/c18-11-13-6-8-14(9-7-13)17-15(20)5-3-1-2-4-10-16-12-19;1-15(14)7-9-4-2-8(3-5-9)6-10(11,12)13;1-2/h6-9,11-12H,1-5,10H2,(H,16,19)(H,17,20);2-5H,6-7,14H2,1H3;1-2H3. The van der Waals surface area contributed by atoms with E-state index in [1.165, 1.54) is 17.1 Å². The smallest absolute Gasteiger partial charge is 0.359 e. The molecule has 0 bridgehead atoms. The Hall–Kier alpha value is -3.24. The lowest BCUT2D eigenvalue weighted by Gasteiger charge is -2.10. The van der Waals surface area contributed by atoms with E-state index >= 15 is 0 Å². The van der Waals surface area contributed by atoms with Crippen LogP contribution in [0.4, 0.5) is 18.9 Å². The molecule has 0 aliphatic carbocycles. The summed E-state index contributed by atoms with van der Waals surface area (Å²) in [5, 5.41) is 6.87. The Bertz CT molecular complexity index is 887. The lowest BCUT2D eigenvalue weighted by Crippen LogP contribution is -2.24. The Balaban J connectivity index is 0.000000679. The maximum atomic E-state index is 12.0.